The SMILES string of the molecule is CCc1ccc(C=O)cc1.COC=O. The summed E-state index contributed by atoms with van der Waals surface area (Å²) < 4.78 is 3.86. The molecule has 1 aromatic carbocycles. The number of rotatable bonds is 3. The fraction of sp³-hybridized carbons (Fsp3) is 0.273. The van der Waals surface area contributed by atoms with Crippen molar-refractivity contribution >= 4 is 12.8 Å². The first-order valence-electron chi connectivity index (χ1n) is 4.29. The van der Waals surface area contributed by atoms with E-state index in [0.717, 1.165) is 18.3 Å². The average Bonchev–Trinajstić information content (AvgIpc) is 2.29. The van der Waals surface area contributed by atoms with Gasteiger partial charge in [0.25, 0.3) is 6.47 Å². The van der Waals surface area contributed by atoms with Gasteiger partial charge in [-0.05, 0) is 12.0 Å². The van der Waals surface area contributed by atoms with Crippen LogP contribution in [0.3, 0.4) is 0 Å². The van der Waals surface area contributed by atoms with Crippen molar-refractivity contribution in [2.75, 3.05) is 7.11 Å². The summed E-state index contributed by atoms with van der Waals surface area (Å²) >= 11 is 0. The van der Waals surface area contributed by atoms with Gasteiger partial charge in [-0.2, -0.15) is 0 Å². The topological polar surface area (TPSA) is 43.4 Å². The molecule has 0 spiro atoms. The molecule has 3 heteroatoms. The highest BCUT2D eigenvalue weighted by atomic mass is 16.5. The van der Waals surface area contributed by atoms with Crippen LogP contribution in [0.4, 0.5) is 0 Å². The molecule has 0 atom stereocenters. The maximum Gasteiger partial charge on any atom is 0.292 e. The lowest BCUT2D eigenvalue weighted by atomic mass is 10.1. The van der Waals surface area contributed by atoms with Gasteiger partial charge in [-0.25, -0.2) is 0 Å². The molecule has 1 aromatic rings. The van der Waals surface area contributed by atoms with Crippen LogP contribution in [0.5, 0.6) is 0 Å². The van der Waals surface area contributed by atoms with Crippen LogP contribution in [0, 0.1) is 0 Å². The molecule has 0 unspecified atom stereocenters. The van der Waals surface area contributed by atoms with Crippen LogP contribution in [0.15, 0.2) is 24.3 Å². The fourth-order valence-corrected chi connectivity index (χ4v) is 0.832. The summed E-state index contributed by atoms with van der Waals surface area (Å²) in [4.78, 5) is 19.2. The summed E-state index contributed by atoms with van der Waals surface area (Å²) in [6, 6.07) is 7.63. The molecule has 0 heterocycles. The standard InChI is InChI=1S/C9H10O.C2H4O2/c1-2-8-3-5-9(7-10)6-4-8;1-4-2-3/h3-7H,2H2,1H3;2H,1H3. The molecular formula is C11H14O3. The molecule has 0 aliphatic carbocycles. The van der Waals surface area contributed by atoms with E-state index in [1.165, 1.54) is 12.7 Å². The van der Waals surface area contributed by atoms with Gasteiger partial charge in [0.05, 0.1) is 7.11 Å². The van der Waals surface area contributed by atoms with Gasteiger partial charge in [-0.1, -0.05) is 31.2 Å². The molecule has 0 amide bonds. The average molecular weight is 194 g/mol. The van der Waals surface area contributed by atoms with E-state index in [2.05, 4.69) is 11.7 Å². The number of methoxy groups -OCH3 is 1. The zero-order valence-corrected chi connectivity index (χ0v) is 8.40. The molecule has 0 aromatic heterocycles. The minimum absolute atomic E-state index is 0.375. The van der Waals surface area contributed by atoms with E-state index in [9.17, 15) is 4.79 Å². The highest BCUT2D eigenvalue weighted by molar-refractivity contribution is 5.74. The highest BCUT2D eigenvalue weighted by Crippen LogP contribution is 2.01. The molecule has 0 bridgehead atoms. The van der Waals surface area contributed by atoms with Crippen LogP contribution in [-0.2, 0) is 16.0 Å². The second kappa shape index (κ2) is 7.98. The predicted molar refractivity (Wildman–Crippen MR) is 54.3 cm³/mol. The first kappa shape index (κ1) is 12.4. The highest BCUT2D eigenvalue weighted by Gasteiger charge is 1.88. The van der Waals surface area contributed by atoms with Crippen molar-refractivity contribution < 1.29 is 14.3 Å². The second-order valence-electron chi connectivity index (χ2n) is 2.54. The Kier molecular flexibility index (Phi) is 7.05. The molecule has 0 radical (unpaired) electrons. The molecule has 1 rings (SSSR count). The van der Waals surface area contributed by atoms with Crippen molar-refractivity contribution in [1.29, 1.82) is 0 Å². The zero-order chi connectivity index (χ0) is 10.8. The van der Waals surface area contributed by atoms with Crippen molar-refractivity contribution in [3.8, 4) is 0 Å². The molecule has 0 fully saturated rings. The molecule has 0 aliphatic heterocycles. The number of benzene rings is 1. The van der Waals surface area contributed by atoms with E-state index >= 15 is 0 Å². The summed E-state index contributed by atoms with van der Waals surface area (Å²) in [5.41, 5.74) is 2.02. The van der Waals surface area contributed by atoms with Gasteiger partial charge >= 0.3 is 0 Å². The van der Waals surface area contributed by atoms with Crippen LogP contribution in [0.25, 0.3) is 0 Å². The fourth-order valence-electron chi connectivity index (χ4n) is 0.832. The maximum absolute atomic E-state index is 10.2. The molecule has 14 heavy (non-hydrogen) atoms. The molecule has 0 N–H and O–H groups in total. The van der Waals surface area contributed by atoms with E-state index < -0.39 is 0 Å². The Balaban J connectivity index is 0.000000364. The minimum atomic E-state index is 0.375. The number of aldehydes is 1. The van der Waals surface area contributed by atoms with Crippen LogP contribution < -0.4 is 0 Å². The lowest BCUT2D eigenvalue weighted by molar-refractivity contribution is -0.126. The molecule has 3 nitrogen and oxygen atoms in total. The Hall–Kier alpha value is -1.64. The summed E-state index contributed by atoms with van der Waals surface area (Å²) in [5.74, 6) is 0. The van der Waals surface area contributed by atoms with Crippen LogP contribution in [0.2, 0.25) is 0 Å². The number of hydrogen-bond acceptors (Lipinski definition) is 3. The molecular weight excluding hydrogens is 180 g/mol. The zero-order valence-electron chi connectivity index (χ0n) is 8.40. The van der Waals surface area contributed by atoms with E-state index in [4.69, 9.17) is 4.79 Å². The van der Waals surface area contributed by atoms with Gasteiger partial charge in [-0.3, -0.25) is 9.59 Å². The Bertz CT molecular complexity index is 264. The molecule has 0 saturated carbocycles. The van der Waals surface area contributed by atoms with Crippen molar-refractivity contribution in [1.82, 2.24) is 0 Å². The van der Waals surface area contributed by atoms with Gasteiger partial charge in [0.15, 0.2) is 0 Å². The van der Waals surface area contributed by atoms with Crippen molar-refractivity contribution in [3.05, 3.63) is 35.4 Å². The summed E-state index contributed by atoms with van der Waals surface area (Å²) in [5, 5.41) is 0. The normalized spacial score (nSPS) is 8.14. The summed E-state index contributed by atoms with van der Waals surface area (Å²) in [6.07, 6.45) is 1.89. The summed E-state index contributed by atoms with van der Waals surface area (Å²) in [6.45, 7) is 2.47. The third kappa shape index (κ3) is 5.09. The van der Waals surface area contributed by atoms with Gasteiger partial charge < -0.3 is 4.74 Å². The lowest BCUT2D eigenvalue weighted by Gasteiger charge is -1.93. The first-order valence-corrected chi connectivity index (χ1v) is 4.29. The van der Waals surface area contributed by atoms with Crippen LogP contribution >= 0.6 is 0 Å². The number of hydrogen-bond donors (Lipinski definition) is 0. The number of carbonyl (C=O) groups is 2. The number of ether oxygens (including phenoxy) is 1. The smallest absolute Gasteiger partial charge is 0.292 e. The molecule has 76 valence electrons. The number of carbonyl (C=O) groups excluding carboxylic acids is 2. The number of aryl methyl sites for hydroxylation is 1. The Morgan fingerprint density at radius 2 is 1.71 bits per heavy atom. The van der Waals surface area contributed by atoms with E-state index in [1.54, 1.807) is 0 Å². The van der Waals surface area contributed by atoms with E-state index in [0.29, 0.717) is 6.47 Å². The van der Waals surface area contributed by atoms with Crippen molar-refractivity contribution in [2.24, 2.45) is 0 Å². The monoisotopic (exact) mass is 194 g/mol. The predicted octanol–water partition coefficient (Wildman–Crippen LogP) is 1.85. The molecule has 0 saturated heterocycles. The maximum atomic E-state index is 10.2. The third-order valence-electron chi connectivity index (χ3n) is 1.62. The second-order valence-corrected chi connectivity index (χ2v) is 2.54. The minimum Gasteiger partial charge on any atom is -0.471 e. The van der Waals surface area contributed by atoms with Gasteiger partial charge in [0.2, 0.25) is 0 Å². The Labute approximate surface area is 83.7 Å². The Morgan fingerprint density at radius 3 is 2.00 bits per heavy atom. The lowest BCUT2D eigenvalue weighted by Crippen LogP contribution is -1.81. The van der Waals surface area contributed by atoms with Gasteiger partial charge in [-0.15, -0.1) is 0 Å². The van der Waals surface area contributed by atoms with Crippen molar-refractivity contribution in [3.63, 3.8) is 0 Å². The van der Waals surface area contributed by atoms with E-state index in [1.807, 2.05) is 24.3 Å². The van der Waals surface area contributed by atoms with Crippen LogP contribution in [-0.4, -0.2) is 19.9 Å². The third-order valence-corrected chi connectivity index (χ3v) is 1.62. The van der Waals surface area contributed by atoms with Crippen molar-refractivity contribution in [2.45, 2.75) is 13.3 Å². The van der Waals surface area contributed by atoms with E-state index in [-0.39, 0.29) is 0 Å². The quantitative estimate of drug-likeness (QED) is 0.690. The molecule has 0 aliphatic rings. The summed E-state index contributed by atoms with van der Waals surface area (Å²) in [7, 11) is 1.31. The van der Waals surface area contributed by atoms with Crippen LogP contribution in [0.1, 0.15) is 22.8 Å². The Morgan fingerprint density at radius 1 is 1.21 bits per heavy atom. The largest absolute Gasteiger partial charge is 0.471 e. The first-order chi connectivity index (χ1) is 6.78. The van der Waals surface area contributed by atoms with Gasteiger partial charge in [0, 0.05) is 5.56 Å². The van der Waals surface area contributed by atoms with Gasteiger partial charge in [0.1, 0.15) is 6.29 Å².